The summed E-state index contributed by atoms with van der Waals surface area (Å²) in [7, 11) is 0. The summed E-state index contributed by atoms with van der Waals surface area (Å²) in [4.78, 5) is 11.5. The molecular weight excluding hydrogens is 316 g/mol. The van der Waals surface area contributed by atoms with Crippen molar-refractivity contribution in [2.24, 2.45) is 0 Å². The third kappa shape index (κ3) is 4.18. The number of para-hydroxylation sites is 1. The molecule has 0 radical (unpaired) electrons. The zero-order valence-corrected chi connectivity index (χ0v) is 13.7. The van der Waals surface area contributed by atoms with Crippen LogP contribution in [0.15, 0.2) is 79.4 Å². The second-order valence-electron chi connectivity index (χ2n) is 5.24. The number of fused-ring (bicyclic) bond motifs is 1. The van der Waals surface area contributed by atoms with Crippen molar-refractivity contribution < 1.29 is 19.0 Å². The summed E-state index contributed by atoms with van der Waals surface area (Å²) in [5, 5.41) is 1.68. The Kier molecular flexibility index (Phi) is 5.32. The van der Waals surface area contributed by atoms with Crippen LogP contribution >= 0.6 is 0 Å². The van der Waals surface area contributed by atoms with Crippen LogP contribution in [0.25, 0.3) is 10.8 Å². The lowest BCUT2D eigenvalue weighted by atomic mass is 10.1. The van der Waals surface area contributed by atoms with E-state index in [-0.39, 0.29) is 0 Å². The van der Waals surface area contributed by atoms with Crippen molar-refractivity contribution in [1.82, 2.24) is 0 Å². The van der Waals surface area contributed by atoms with Gasteiger partial charge in [-0.05, 0) is 24.3 Å². The van der Waals surface area contributed by atoms with E-state index in [2.05, 4.69) is 6.58 Å². The first-order chi connectivity index (χ1) is 12.3. The van der Waals surface area contributed by atoms with E-state index in [9.17, 15) is 4.79 Å². The molecule has 0 saturated carbocycles. The number of carbonyl (C=O) groups is 1. The fourth-order valence-electron chi connectivity index (χ4n) is 2.45. The van der Waals surface area contributed by atoms with Crippen LogP contribution in [0.4, 0.5) is 0 Å². The fraction of sp³-hybridized carbons (Fsp3) is 0.0952. The van der Waals surface area contributed by atoms with Gasteiger partial charge in [-0.1, -0.05) is 49.0 Å². The number of ether oxygens (including phenoxy) is 3. The quantitative estimate of drug-likeness (QED) is 0.278. The minimum atomic E-state index is -0.491. The van der Waals surface area contributed by atoms with Gasteiger partial charge in [0.05, 0.1) is 0 Å². The number of rotatable bonds is 7. The van der Waals surface area contributed by atoms with Gasteiger partial charge in [0.15, 0.2) is 0 Å². The number of carbonyl (C=O) groups excluding carboxylic acids is 1. The number of hydrogen-bond donors (Lipinski definition) is 0. The second kappa shape index (κ2) is 8.02. The van der Waals surface area contributed by atoms with Crippen LogP contribution in [0.3, 0.4) is 0 Å². The summed E-state index contributed by atoms with van der Waals surface area (Å²) in [6.45, 7) is 4.26. The highest BCUT2D eigenvalue weighted by Crippen LogP contribution is 2.32. The van der Waals surface area contributed by atoms with E-state index in [1.807, 2.05) is 60.7 Å². The van der Waals surface area contributed by atoms with Gasteiger partial charge in [0.25, 0.3) is 0 Å². The van der Waals surface area contributed by atoms with E-state index in [0.717, 1.165) is 22.6 Å². The zero-order chi connectivity index (χ0) is 17.5. The van der Waals surface area contributed by atoms with Gasteiger partial charge >= 0.3 is 5.97 Å². The smallest absolute Gasteiger partial charge is 0.335 e. The molecule has 0 amide bonds. The standard InChI is InChI=1S/C21H18O4/c1-2-21(22)25-20-13-7-10-17-18(20)11-6-12-19(17)24-15-14-23-16-8-4-3-5-9-16/h2-13H,1,14-15H2. The third-order valence-corrected chi connectivity index (χ3v) is 3.57. The van der Waals surface area contributed by atoms with E-state index < -0.39 is 5.97 Å². The molecule has 4 heteroatoms. The Morgan fingerprint density at radius 3 is 2.16 bits per heavy atom. The van der Waals surface area contributed by atoms with Gasteiger partial charge in [0.2, 0.25) is 0 Å². The molecule has 0 heterocycles. The molecule has 0 aliphatic heterocycles. The lowest BCUT2D eigenvalue weighted by molar-refractivity contribution is -0.128. The second-order valence-corrected chi connectivity index (χ2v) is 5.24. The van der Waals surface area contributed by atoms with Crippen LogP contribution in [-0.2, 0) is 4.79 Å². The highest BCUT2D eigenvalue weighted by Gasteiger charge is 2.09. The van der Waals surface area contributed by atoms with Gasteiger partial charge in [0.1, 0.15) is 30.5 Å². The topological polar surface area (TPSA) is 44.8 Å². The Morgan fingerprint density at radius 2 is 1.44 bits per heavy atom. The Bertz CT molecular complexity index is 871. The van der Waals surface area contributed by atoms with Crippen molar-refractivity contribution >= 4 is 16.7 Å². The molecule has 0 unspecified atom stereocenters. The van der Waals surface area contributed by atoms with Crippen molar-refractivity contribution in [2.45, 2.75) is 0 Å². The van der Waals surface area contributed by atoms with Crippen LogP contribution in [0.2, 0.25) is 0 Å². The van der Waals surface area contributed by atoms with Crippen molar-refractivity contribution in [2.75, 3.05) is 13.2 Å². The number of esters is 1. The van der Waals surface area contributed by atoms with E-state index in [1.165, 1.54) is 0 Å². The predicted molar refractivity (Wildman–Crippen MR) is 97.2 cm³/mol. The maximum Gasteiger partial charge on any atom is 0.335 e. The van der Waals surface area contributed by atoms with Crippen LogP contribution < -0.4 is 14.2 Å². The summed E-state index contributed by atoms with van der Waals surface area (Å²) < 4.78 is 16.7. The van der Waals surface area contributed by atoms with Crippen LogP contribution in [0.1, 0.15) is 0 Å². The van der Waals surface area contributed by atoms with E-state index in [1.54, 1.807) is 6.07 Å². The average Bonchev–Trinajstić information content (AvgIpc) is 2.66. The van der Waals surface area contributed by atoms with Gasteiger partial charge in [-0.25, -0.2) is 4.79 Å². The normalized spacial score (nSPS) is 10.2. The Labute approximate surface area is 146 Å². The SMILES string of the molecule is C=CC(=O)Oc1cccc2c(OCCOc3ccccc3)cccc12. The van der Waals surface area contributed by atoms with Crippen LogP contribution in [0, 0.1) is 0 Å². The molecule has 0 spiro atoms. The molecule has 126 valence electrons. The zero-order valence-electron chi connectivity index (χ0n) is 13.7. The van der Waals surface area contributed by atoms with E-state index >= 15 is 0 Å². The Balaban J connectivity index is 1.70. The van der Waals surface area contributed by atoms with E-state index in [0.29, 0.717) is 24.7 Å². The molecule has 3 rings (SSSR count). The minimum absolute atomic E-state index is 0.407. The number of benzene rings is 3. The fourth-order valence-corrected chi connectivity index (χ4v) is 2.45. The molecule has 0 atom stereocenters. The van der Waals surface area contributed by atoms with Gasteiger partial charge in [0, 0.05) is 16.8 Å². The molecule has 4 nitrogen and oxygen atoms in total. The van der Waals surface area contributed by atoms with Crippen molar-refractivity contribution in [3.05, 3.63) is 79.4 Å². The highest BCUT2D eigenvalue weighted by molar-refractivity contribution is 5.95. The molecule has 0 aliphatic carbocycles. The lowest BCUT2D eigenvalue weighted by Crippen LogP contribution is -2.09. The highest BCUT2D eigenvalue weighted by atomic mass is 16.5. The van der Waals surface area contributed by atoms with Gasteiger partial charge < -0.3 is 14.2 Å². The summed E-state index contributed by atoms with van der Waals surface area (Å²) >= 11 is 0. The maximum atomic E-state index is 11.5. The van der Waals surface area contributed by atoms with Crippen molar-refractivity contribution in [3.8, 4) is 17.2 Å². The van der Waals surface area contributed by atoms with Crippen LogP contribution in [0.5, 0.6) is 17.2 Å². The Morgan fingerprint density at radius 1 is 0.800 bits per heavy atom. The molecule has 3 aromatic rings. The van der Waals surface area contributed by atoms with E-state index in [4.69, 9.17) is 14.2 Å². The first-order valence-corrected chi connectivity index (χ1v) is 7.94. The third-order valence-electron chi connectivity index (χ3n) is 3.57. The van der Waals surface area contributed by atoms with Crippen molar-refractivity contribution in [1.29, 1.82) is 0 Å². The monoisotopic (exact) mass is 334 g/mol. The molecule has 25 heavy (non-hydrogen) atoms. The molecule has 0 aliphatic rings. The minimum Gasteiger partial charge on any atom is -0.490 e. The summed E-state index contributed by atoms with van der Waals surface area (Å²) in [5.74, 6) is 1.51. The molecular formula is C21H18O4. The average molecular weight is 334 g/mol. The summed E-state index contributed by atoms with van der Waals surface area (Å²) in [6.07, 6.45) is 1.14. The molecule has 0 aromatic heterocycles. The predicted octanol–water partition coefficient (Wildman–Crippen LogP) is 4.39. The lowest BCUT2D eigenvalue weighted by Gasteiger charge is -2.12. The van der Waals surface area contributed by atoms with Gasteiger partial charge in [-0.15, -0.1) is 0 Å². The van der Waals surface area contributed by atoms with Crippen molar-refractivity contribution in [3.63, 3.8) is 0 Å². The first-order valence-electron chi connectivity index (χ1n) is 7.94. The molecule has 0 N–H and O–H groups in total. The molecule has 0 bridgehead atoms. The molecule has 0 saturated heterocycles. The first kappa shape index (κ1) is 16.6. The summed E-state index contributed by atoms with van der Waals surface area (Å²) in [5.41, 5.74) is 0. The Hall–Kier alpha value is -3.27. The number of hydrogen-bond acceptors (Lipinski definition) is 4. The largest absolute Gasteiger partial charge is 0.490 e. The maximum absolute atomic E-state index is 11.5. The summed E-state index contributed by atoms with van der Waals surface area (Å²) in [6, 6.07) is 20.7. The molecule has 0 fully saturated rings. The van der Waals surface area contributed by atoms with Gasteiger partial charge in [-0.3, -0.25) is 0 Å². The van der Waals surface area contributed by atoms with Crippen LogP contribution in [-0.4, -0.2) is 19.2 Å². The molecule has 3 aromatic carbocycles. The van der Waals surface area contributed by atoms with Gasteiger partial charge in [-0.2, -0.15) is 0 Å².